The number of carbonyl (C=O) groups is 1. The summed E-state index contributed by atoms with van der Waals surface area (Å²) in [6, 6.07) is 9.95. The van der Waals surface area contributed by atoms with Gasteiger partial charge in [-0.05, 0) is 74.6 Å². The quantitative estimate of drug-likeness (QED) is 0.0942. The SMILES string of the molecule is N/C(=N\O)c1ccc2c(c1)CC(NC(=O)N[C@H]1CC[C@H](Nc3nccc(Nc4cc(C5CCCC5)[nH]n4)n3)CC1)C2. The molecular formula is C29H38N10O2. The second-order valence-corrected chi connectivity index (χ2v) is 11.5. The normalized spacial score (nSPS) is 22.7. The van der Waals surface area contributed by atoms with Crippen molar-refractivity contribution in [3.63, 3.8) is 0 Å². The molecule has 0 aliphatic heterocycles. The summed E-state index contributed by atoms with van der Waals surface area (Å²) in [6.07, 6.45) is 11.9. The van der Waals surface area contributed by atoms with Crippen LogP contribution in [0, 0.1) is 0 Å². The van der Waals surface area contributed by atoms with Crippen molar-refractivity contribution in [2.45, 2.75) is 88.3 Å². The topological polar surface area (TPSA) is 178 Å². The van der Waals surface area contributed by atoms with E-state index in [1.54, 1.807) is 6.20 Å². The Hall–Kier alpha value is -4.35. The summed E-state index contributed by atoms with van der Waals surface area (Å²) in [4.78, 5) is 21.8. The highest BCUT2D eigenvalue weighted by atomic mass is 16.4. The first-order valence-electron chi connectivity index (χ1n) is 14.6. The third kappa shape index (κ3) is 6.53. The molecule has 2 saturated carbocycles. The third-order valence-electron chi connectivity index (χ3n) is 8.58. The van der Waals surface area contributed by atoms with E-state index in [4.69, 9.17) is 10.9 Å². The zero-order chi connectivity index (χ0) is 28.2. The number of hydrogen-bond acceptors (Lipinski definition) is 8. The van der Waals surface area contributed by atoms with Crippen molar-refractivity contribution >= 4 is 29.5 Å². The Morgan fingerprint density at radius 1 is 0.927 bits per heavy atom. The number of H-pyrrole nitrogens is 1. The molecule has 41 heavy (non-hydrogen) atoms. The van der Waals surface area contributed by atoms with E-state index in [0.717, 1.165) is 49.9 Å². The van der Waals surface area contributed by atoms with Crippen LogP contribution in [0.1, 0.15) is 79.7 Å². The maximum absolute atomic E-state index is 12.7. The monoisotopic (exact) mass is 558 g/mol. The molecule has 3 aromatic rings. The number of amides is 2. The van der Waals surface area contributed by atoms with Gasteiger partial charge in [0.05, 0.1) is 0 Å². The first-order chi connectivity index (χ1) is 20.0. The van der Waals surface area contributed by atoms with E-state index in [9.17, 15) is 4.79 Å². The molecular weight excluding hydrogens is 520 g/mol. The second kappa shape index (κ2) is 12.0. The molecule has 1 aromatic carbocycles. The second-order valence-electron chi connectivity index (χ2n) is 11.5. The number of amidine groups is 1. The molecule has 8 N–H and O–H groups in total. The molecule has 6 rings (SSSR count). The van der Waals surface area contributed by atoms with Crippen LogP contribution in [0.3, 0.4) is 0 Å². The molecule has 12 nitrogen and oxygen atoms in total. The molecule has 12 heteroatoms. The van der Waals surface area contributed by atoms with Gasteiger partial charge in [-0.15, -0.1) is 0 Å². The van der Waals surface area contributed by atoms with Crippen LogP contribution in [-0.4, -0.2) is 55.4 Å². The molecule has 1 atom stereocenters. The van der Waals surface area contributed by atoms with Crippen LogP contribution in [0.15, 0.2) is 41.7 Å². The lowest BCUT2D eigenvalue weighted by Crippen LogP contribution is -2.48. The Kier molecular flexibility index (Phi) is 7.88. The van der Waals surface area contributed by atoms with Gasteiger partial charge in [0.15, 0.2) is 11.7 Å². The van der Waals surface area contributed by atoms with Crippen LogP contribution in [0.25, 0.3) is 0 Å². The molecule has 1 unspecified atom stereocenters. The van der Waals surface area contributed by atoms with Crippen molar-refractivity contribution in [3.8, 4) is 0 Å². The third-order valence-corrected chi connectivity index (χ3v) is 8.58. The fourth-order valence-electron chi connectivity index (χ4n) is 6.39. The lowest BCUT2D eigenvalue weighted by Gasteiger charge is -2.30. The number of aromatic nitrogens is 4. The maximum atomic E-state index is 12.7. The predicted molar refractivity (Wildman–Crippen MR) is 157 cm³/mol. The van der Waals surface area contributed by atoms with Crippen molar-refractivity contribution in [1.82, 2.24) is 30.8 Å². The minimum atomic E-state index is -0.132. The van der Waals surface area contributed by atoms with Gasteiger partial charge < -0.3 is 32.2 Å². The van der Waals surface area contributed by atoms with Gasteiger partial charge in [-0.1, -0.05) is 30.1 Å². The number of carbonyl (C=O) groups excluding carboxylic acids is 1. The lowest BCUT2D eigenvalue weighted by molar-refractivity contribution is 0.228. The standard InChI is InChI=1S/C29H38N10O2/c30-27(39-41)19-6-5-18-14-23(15-20(18)13-19)34-29(40)33-22-9-7-21(8-10-22)32-28-31-12-11-25(36-28)35-26-16-24(37-38-26)17-3-1-2-4-17/h5-6,11-13,16-17,21-23,41H,1-4,7-10,14-15H2,(H2,30,39)(H2,33,34,40)(H3,31,32,35,36,37,38)/t21-,22-,23?. The summed E-state index contributed by atoms with van der Waals surface area (Å²) in [5.74, 6) is 2.73. The molecule has 0 saturated heterocycles. The average molecular weight is 559 g/mol. The van der Waals surface area contributed by atoms with Crippen LogP contribution < -0.4 is 27.0 Å². The number of benzene rings is 1. The van der Waals surface area contributed by atoms with E-state index in [2.05, 4.69) is 52.7 Å². The maximum Gasteiger partial charge on any atom is 0.315 e. The first kappa shape index (κ1) is 26.9. The first-order valence-corrected chi connectivity index (χ1v) is 14.6. The molecule has 2 amide bonds. The number of aromatic amines is 1. The summed E-state index contributed by atoms with van der Waals surface area (Å²) < 4.78 is 0. The molecule has 2 fully saturated rings. The van der Waals surface area contributed by atoms with E-state index in [0.29, 0.717) is 23.2 Å². The van der Waals surface area contributed by atoms with Crippen molar-refractivity contribution in [2.24, 2.45) is 10.9 Å². The van der Waals surface area contributed by atoms with Crippen LogP contribution in [-0.2, 0) is 12.8 Å². The number of rotatable bonds is 8. The van der Waals surface area contributed by atoms with Crippen molar-refractivity contribution in [2.75, 3.05) is 10.6 Å². The van der Waals surface area contributed by atoms with E-state index >= 15 is 0 Å². The number of nitrogens with two attached hydrogens (primary N) is 1. The summed E-state index contributed by atoms with van der Waals surface area (Å²) in [5, 5.41) is 32.6. The minimum absolute atomic E-state index is 0.0272. The van der Waals surface area contributed by atoms with Gasteiger partial charge in [-0.3, -0.25) is 5.10 Å². The number of fused-ring (bicyclic) bond motifs is 1. The number of hydrogen-bond donors (Lipinski definition) is 7. The number of urea groups is 1. The smallest absolute Gasteiger partial charge is 0.315 e. The molecule has 0 bridgehead atoms. The zero-order valence-electron chi connectivity index (χ0n) is 23.1. The van der Waals surface area contributed by atoms with E-state index in [1.807, 2.05) is 24.3 Å². The van der Waals surface area contributed by atoms with E-state index in [1.165, 1.54) is 36.9 Å². The van der Waals surface area contributed by atoms with E-state index < -0.39 is 0 Å². The summed E-state index contributed by atoms with van der Waals surface area (Å²) in [7, 11) is 0. The van der Waals surface area contributed by atoms with Crippen LogP contribution in [0.4, 0.5) is 22.4 Å². The molecule has 3 aliphatic rings. The van der Waals surface area contributed by atoms with Gasteiger partial charge >= 0.3 is 6.03 Å². The van der Waals surface area contributed by atoms with Gasteiger partial charge in [0, 0.05) is 47.6 Å². The van der Waals surface area contributed by atoms with Crippen molar-refractivity contribution in [1.29, 1.82) is 0 Å². The van der Waals surface area contributed by atoms with Gasteiger partial charge in [-0.25, -0.2) is 9.78 Å². The Labute approximate surface area is 239 Å². The summed E-state index contributed by atoms with van der Waals surface area (Å²) in [5.41, 5.74) is 9.88. The molecule has 2 aromatic heterocycles. The van der Waals surface area contributed by atoms with Crippen LogP contribution in [0.2, 0.25) is 0 Å². The Morgan fingerprint density at radius 2 is 1.68 bits per heavy atom. The molecule has 2 heterocycles. The van der Waals surface area contributed by atoms with Gasteiger partial charge in [0.25, 0.3) is 0 Å². The van der Waals surface area contributed by atoms with Crippen molar-refractivity contribution in [3.05, 3.63) is 58.9 Å². The highest BCUT2D eigenvalue weighted by molar-refractivity contribution is 5.97. The van der Waals surface area contributed by atoms with Gasteiger partial charge in [0.2, 0.25) is 5.95 Å². The number of nitrogens with zero attached hydrogens (tertiary/aromatic N) is 4. The van der Waals surface area contributed by atoms with Crippen LogP contribution >= 0.6 is 0 Å². The zero-order valence-corrected chi connectivity index (χ0v) is 23.1. The van der Waals surface area contributed by atoms with Crippen LogP contribution in [0.5, 0.6) is 0 Å². The average Bonchev–Trinajstić information content (AvgIpc) is 3.74. The summed E-state index contributed by atoms with van der Waals surface area (Å²) >= 11 is 0. The highest BCUT2D eigenvalue weighted by Gasteiger charge is 2.27. The fourth-order valence-corrected chi connectivity index (χ4v) is 6.39. The predicted octanol–water partition coefficient (Wildman–Crippen LogP) is 3.89. The minimum Gasteiger partial charge on any atom is -0.409 e. The number of nitrogens with one attached hydrogen (secondary N) is 5. The molecule has 216 valence electrons. The van der Waals surface area contributed by atoms with Gasteiger partial charge in [-0.2, -0.15) is 10.1 Å². The van der Waals surface area contributed by atoms with E-state index in [-0.39, 0.29) is 30.0 Å². The Balaban J connectivity index is 0.938. The molecule has 0 spiro atoms. The molecule has 3 aliphatic carbocycles. The number of anilines is 3. The Bertz CT molecular complexity index is 1390. The van der Waals surface area contributed by atoms with Crippen molar-refractivity contribution < 1.29 is 10.0 Å². The fraction of sp³-hybridized carbons (Fsp3) is 0.483. The van der Waals surface area contributed by atoms with Gasteiger partial charge in [0.1, 0.15) is 5.82 Å². The molecule has 0 radical (unpaired) electrons. The highest BCUT2D eigenvalue weighted by Crippen LogP contribution is 2.34. The lowest BCUT2D eigenvalue weighted by atomic mass is 9.91. The largest absolute Gasteiger partial charge is 0.409 e. The Morgan fingerprint density at radius 3 is 2.49 bits per heavy atom. The number of oxime groups is 1. The summed E-state index contributed by atoms with van der Waals surface area (Å²) in [6.45, 7) is 0.